The van der Waals surface area contributed by atoms with Crippen molar-refractivity contribution in [2.24, 2.45) is 4.99 Å². The summed E-state index contributed by atoms with van der Waals surface area (Å²) in [6, 6.07) is 3.89. The van der Waals surface area contributed by atoms with E-state index in [0.717, 1.165) is 17.9 Å². The Kier molecular flexibility index (Phi) is 2.26. The summed E-state index contributed by atoms with van der Waals surface area (Å²) in [4.78, 5) is 3.83. The summed E-state index contributed by atoms with van der Waals surface area (Å²) < 4.78 is 5.32. The third-order valence-electron chi connectivity index (χ3n) is 1.29. The van der Waals surface area contributed by atoms with Crippen molar-refractivity contribution in [2.45, 2.75) is 13.3 Å². The number of nitrogens with zero attached hydrogens (tertiary/aromatic N) is 1. The molecule has 0 N–H and O–H groups in total. The lowest BCUT2D eigenvalue weighted by Gasteiger charge is -1.84. The van der Waals surface area contributed by atoms with Crippen LogP contribution in [0.15, 0.2) is 21.5 Å². The standard InChI is InChI=1S/C8H11NO/c1-3-7-4-5-8(10-7)6-9-2/h4-6H,3H2,1-2H3. The molecule has 2 nitrogen and oxygen atoms in total. The molecule has 1 rings (SSSR count). The van der Waals surface area contributed by atoms with Gasteiger partial charge in [-0.2, -0.15) is 0 Å². The first-order valence-corrected chi connectivity index (χ1v) is 3.37. The quantitative estimate of drug-likeness (QED) is 0.571. The van der Waals surface area contributed by atoms with E-state index in [2.05, 4.69) is 11.9 Å². The molecule has 0 fully saturated rings. The maximum absolute atomic E-state index is 5.32. The summed E-state index contributed by atoms with van der Waals surface area (Å²) in [7, 11) is 1.73. The van der Waals surface area contributed by atoms with E-state index in [1.807, 2.05) is 12.1 Å². The van der Waals surface area contributed by atoms with Crippen molar-refractivity contribution >= 4 is 6.21 Å². The Morgan fingerprint density at radius 1 is 1.60 bits per heavy atom. The van der Waals surface area contributed by atoms with Crippen LogP contribution in [0.3, 0.4) is 0 Å². The summed E-state index contributed by atoms with van der Waals surface area (Å²) in [6.07, 6.45) is 2.65. The zero-order valence-electron chi connectivity index (χ0n) is 6.29. The molecular formula is C8H11NO. The van der Waals surface area contributed by atoms with Crippen LogP contribution >= 0.6 is 0 Å². The highest BCUT2D eigenvalue weighted by atomic mass is 16.3. The number of rotatable bonds is 2. The van der Waals surface area contributed by atoms with Crippen LogP contribution in [0.25, 0.3) is 0 Å². The van der Waals surface area contributed by atoms with Crippen LogP contribution in [0.5, 0.6) is 0 Å². The second-order valence-electron chi connectivity index (χ2n) is 2.04. The normalized spacial score (nSPS) is 11.0. The number of hydrogen-bond acceptors (Lipinski definition) is 2. The van der Waals surface area contributed by atoms with Crippen molar-refractivity contribution in [1.29, 1.82) is 0 Å². The lowest BCUT2D eigenvalue weighted by atomic mass is 10.4. The smallest absolute Gasteiger partial charge is 0.144 e. The molecule has 0 aliphatic carbocycles. The van der Waals surface area contributed by atoms with Crippen molar-refractivity contribution in [3.63, 3.8) is 0 Å². The predicted molar refractivity (Wildman–Crippen MR) is 41.6 cm³/mol. The second-order valence-corrected chi connectivity index (χ2v) is 2.04. The Morgan fingerprint density at radius 3 is 2.90 bits per heavy atom. The van der Waals surface area contributed by atoms with Crippen molar-refractivity contribution in [3.8, 4) is 0 Å². The molecule has 0 bridgehead atoms. The molecule has 0 spiro atoms. The maximum atomic E-state index is 5.32. The van der Waals surface area contributed by atoms with Gasteiger partial charge in [0.2, 0.25) is 0 Å². The Morgan fingerprint density at radius 2 is 2.40 bits per heavy atom. The van der Waals surface area contributed by atoms with Gasteiger partial charge in [-0.15, -0.1) is 0 Å². The fraction of sp³-hybridized carbons (Fsp3) is 0.375. The van der Waals surface area contributed by atoms with Crippen molar-refractivity contribution in [1.82, 2.24) is 0 Å². The van der Waals surface area contributed by atoms with Gasteiger partial charge in [0.25, 0.3) is 0 Å². The van der Waals surface area contributed by atoms with Crippen LogP contribution in [0.1, 0.15) is 18.4 Å². The van der Waals surface area contributed by atoms with Crippen LogP contribution in [0.4, 0.5) is 0 Å². The summed E-state index contributed by atoms with van der Waals surface area (Å²) in [5.41, 5.74) is 0. The highest BCUT2D eigenvalue weighted by Gasteiger charge is 1.94. The van der Waals surface area contributed by atoms with Gasteiger partial charge in [-0.1, -0.05) is 6.92 Å². The molecule has 0 atom stereocenters. The first kappa shape index (κ1) is 7.06. The summed E-state index contributed by atoms with van der Waals surface area (Å²) in [6.45, 7) is 2.06. The first-order chi connectivity index (χ1) is 4.86. The van der Waals surface area contributed by atoms with Crippen molar-refractivity contribution in [2.75, 3.05) is 7.05 Å². The molecule has 0 amide bonds. The lowest BCUT2D eigenvalue weighted by molar-refractivity contribution is 0.510. The van der Waals surface area contributed by atoms with E-state index in [0.29, 0.717) is 0 Å². The molecule has 0 saturated carbocycles. The molecule has 0 aliphatic rings. The highest BCUT2D eigenvalue weighted by Crippen LogP contribution is 2.05. The third-order valence-corrected chi connectivity index (χ3v) is 1.29. The van der Waals surface area contributed by atoms with Gasteiger partial charge in [0.15, 0.2) is 0 Å². The van der Waals surface area contributed by atoms with Gasteiger partial charge in [-0.05, 0) is 12.1 Å². The topological polar surface area (TPSA) is 25.5 Å². The minimum absolute atomic E-state index is 0.833. The van der Waals surface area contributed by atoms with Crippen LogP contribution in [0.2, 0.25) is 0 Å². The fourth-order valence-electron chi connectivity index (χ4n) is 0.781. The molecule has 1 aromatic heterocycles. The molecule has 0 unspecified atom stereocenters. The minimum atomic E-state index is 0.833. The van der Waals surface area contributed by atoms with E-state index < -0.39 is 0 Å². The van der Waals surface area contributed by atoms with Crippen LogP contribution < -0.4 is 0 Å². The van der Waals surface area contributed by atoms with E-state index >= 15 is 0 Å². The fourth-order valence-corrected chi connectivity index (χ4v) is 0.781. The van der Waals surface area contributed by atoms with Gasteiger partial charge in [0.1, 0.15) is 11.5 Å². The first-order valence-electron chi connectivity index (χ1n) is 3.37. The molecule has 0 radical (unpaired) electrons. The largest absolute Gasteiger partial charge is 0.460 e. The monoisotopic (exact) mass is 137 g/mol. The van der Waals surface area contributed by atoms with E-state index in [1.54, 1.807) is 13.3 Å². The molecule has 10 heavy (non-hydrogen) atoms. The lowest BCUT2D eigenvalue weighted by Crippen LogP contribution is -1.73. The van der Waals surface area contributed by atoms with Gasteiger partial charge in [0, 0.05) is 13.5 Å². The van der Waals surface area contributed by atoms with Crippen molar-refractivity contribution < 1.29 is 4.42 Å². The molecule has 1 aromatic rings. The van der Waals surface area contributed by atoms with Gasteiger partial charge in [-0.3, -0.25) is 4.99 Å². The molecule has 2 heteroatoms. The molecule has 54 valence electrons. The number of furan rings is 1. The van der Waals surface area contributed by atoms with Gasteiger partial charge in [0.05, 0.1) is 6.21 Å². The van der Waals surface area contributed by atoms with E-state index in [1.165, 1.54) is 0 Å². The number of aliphatic imine (C=N–C) groups is 1. The van der Waals surface area contributed by atoms with E-state index in [4.69, 9.17) is 4.42 Å². The van der Waals surface area contributed by atoms with Crippen LogP contribution in [-0.4, -0.2) is 13.3 Å². The SMILES string of the molecule is CCc1ccc(C=NC)o1. The summed E-state index contributed by atoms with van der Waals surface area (Å²) >= 11 is 0. The molecular weight excluding hydrogens is 126 g/mol. The average Bonchev–Trinajstić information content (AvgIpc) is 2.37. The summed E-state index contributed by atoms with van der Waals surface area (Å²) in [5, 5.41) is 0. The maximum Gasteiger partial charge on any atom is 0.144 e. The molecule has 0 saturated heterocycles. The van der Waals surface area contributed by atoms with Crippen molar-refractivity contribution in [3.05, 3.63) is 23.7 Å². The van der Waals surface area contributed by atoms with E-state index in [9.17, 15) is 0 Å². The zero-order valence-corrected chi connectivity index (χ0v) is 6.29. The Bertz CT molecular complexity index is 225. The van der Waals surface area contributed by atoms with Crippen LogP contribution in [0, 0.1) is 0 Å². The zero-order chi connectivity index (χ0) is 7.40. The van der Waals surface area contributed by atoms with Crippen LogP contribution in [-0.2, 0) is 6.42 Å². The second kappa shape index (κ2) is 3.20. The van der Waals surface area contributed by atoms with Gasteiger partial charge >= 0.3 is 0 Å². The minimum Gasteiger partial charge on any atom is -0.460 e. The number of hydrogen-bond donors (Lipinski definition) is 0. The Labute approximate surface area is 60.6 Å². The van der Waals surface area contributed by atoms with Gasteiger partial charge in [-0.25, -0.2) is 0 Å². The summed E-state index contributed by atoms with van der Waals surface area (Å²) in [5.74, 6) is 1.84. The average molecular weight is 137 g/mol. The predicted octanol–water partition coefficient (Wildman–Crippen LogP) is 1.89. The van der Waals surface area contributed by atoms with E-state index in [-0.39, 0.29) is 0 Å². The molecule has 0 aromatic carbocycles. The Hall–Kier alpha value is -1.05. The third kappa shape index (κ3) is 1.47. The van der Waals surface area contributed by atoms with Gasteiger partial charge < -0.3 is 4.42 Å². The highest BCUT2D eigenvalue weighted by molar-refractivity contribution is 5.75. The molecule has 1 heterocycles. The molecule has 0 aliphatic heterocycles. The number of aryl methyl sites for hydroxylation is 1. The Balaban J connectivity index is 2.78.